The van der Waals surface area contributed by atoms with Gasteiger partial charge in [-0.2, -0.15) is 10.2 Å². The second kappa shape index (κ2) is 10.6. The molecule has 192 valence electrons. The Balaban J connectivity index is 1.55. The smallest absolute Gasteiger partial charge is 0.196 e. The molecule has 5 rings (SSSR count). The summed E-state index contributed by atoms with van der Waals surface area (Å²) in [5.74, 6) is -1.14. The lowest BCUT2D eigenvalue weighted by Crippen LogP contribution is -2.51. The molecule has 3 aliphatic rings. The highest BCUT2D eigenvalue weighted by atomic mass is 32.2. The molecule has 12 heteroatoms. The second-order valence-corrected chi connectivity index (χ2v) is 10.9. The predicted molar refractivity (Wildman–Crippen MR) is 136 cm³/mol. The van der Waals surface area contributed by atoms with E-state index in [1.807, 2.05) is 30.3 Å². The summed E-state index contributed by atoms with van der Waals surface area (Å²) in [5, 5.41) is 16.1. The van der Waals surface area contributed by atoms with Crippen molar-refractivity contribution in [2.45, 2.75) is 30.4 Å². The summed E-state index contributed by atoms with van der Waals surface area (Å²) in [6.45, 7) is 1.02. The van der Waals surface area contributed by atoms with Gasteiger partial charge in [0, 0.05) is 35.5 Å². The molecule has 0 aromatic heterocycles. The molecule has 2 aromatic carbocycles. The van der Waals surface area contributed by atoms with Crippen LogP contribution in [0.25, 0.3) is 0 Å². The Kier molecular flexibility index (Phi) is 7.52. The maximum absolute atomic E-state index is 15.3. The molecule has 3 heterocycles. The number of aliphatic hydroxyl groups is 1. The summed E-state index contributed by atoms with van der Waals surface area (Å²) in [6, 6.07) is 13.0. The van der Waals surface area contributed by atoms with E-state index in [1.54, 1.807) is 14.5 Å². The summed E-state index contributed by atoms with van der Waals surface area (Å²) in [6.07, 6.45) is 0.421. The summed E-state index contributed by atoms with van der Waals surface area (Å²) in [7, 11) is 0. The number of nitrogens with one attached hydrogen (secondary N) is 1. The third-order valence-electron chi connectivity index (χ3n) is 6.33. The molecule has 4 N–H and O–H groups in total. The molecule has 0 aliphatic carbocycles. The molecular weight excluding hydrogens is 509 g/mol. The molecule has 0 radical (unpaired) electrons. The molecule has 2 aromatic rings. The Bertz CT molecular complexity index is 1170. The fraction of sp³-hybridized carbons (Fsp3) is 0.375. The Morgan fingerprint density at radius 3 is 2.75 bits per heavy atom. The highest BCUT2D eigenvalue weighted by Gasteiger charge is 2.51. The van der Waals surface area contributed by atoms with Crippen molar-refractivity contribution in [1.82, 2.24) is 20.0 Å². The lowest BCUT2D eigenvalue weighted by Gasteiger charge is -2.40. The van der Waals surface area contributed by atoms with Gasteiger partial charge in [0.05, 0.1) is 12.3 Å². The van der Waals surface area contributed by atoms with Crippen molar-refractivity contribution < 1.29 is 18.3 Å². The van der Waals surface area contributed by atoms with Crippen LogP contribution in [-0.4, -0.2) is 57.2 Å². The van der Waals surface area contributed by atoms with Crippen molar-refractivity contribution in [3.8, 4) is 0 Å². The molecular formula is C24H27F3N6OS2. The van der Waals surface area contributed by atoms with Crippen LogP contribution in [0.1, 0.15) is 30.4 Å². The first-order chi connectivity index (χ1) is 17.5. The summed E-state index contributed by atoms with van der Waals surface area (Å²) < 4.78 is 45.9. The first-order valence-electron chi connectivity index (χ1n) is 11.7. The number of aliphatic hydroxyl groups excluding tert-OH is 1. The normalized spacial score (nSPS) is 24.8. The van der Waals surface area contributed by atoms with Crippen molar-refractivity contribution in [2.75, 3.05) is 26.2 Å². The van der Waals surface area contributed by atoms with Crippen LogP contribution in [0.15, 0.2) is 64.2 Å². The maximum atomic E-state index is 15.3. The average molecular weight is 537 g/mol. The fourth-order valence-electron chi connectivity index (χ4n) is 4.54. The number of nitrogens with zero attached hydrogens (tertiary/aromatic N) is 4. The van der Waals surface area contributed by atoms with Gasteiger partial charge in [0.2, 0.25) is 0 Å². The number of hydrazone groups is 1. The number of β-amino-alcohol motifs (C(OH)–C–C–N with tert-alkyl or cyclic N) is 1. The first-order valence-corrected chi connectivity index (χ1v) is 13.3. The van der Waals surface area contributed by atoms with Gasteiger partial charge in [-0.05, 0) is 49.6 Å². The van der Waals surface area contributed by atoms with Crippen LogP contribution in [0.4, 0.5) is 13.2 Å². The van der Waals surface area contributed by atoms with E-state index in [1.165, 1.54) is 23.7 Å². The molecule has 3 aliphatic heterocycles. The van der Waals surface area contributed by atoms with Crippen LogP contribution < -0.4 is 11.2 Å². The fourth-order valence-corrected chi connectivity index (χ4v) is 7.03. The monoisotopic (exact) mass is 536 g/mol. The van der Waals surface area contributed by atoms with Gasteiger partial charge in [0.1, 0.15) is 16.7 Å². The molecule has 0 spiro atoms. The zero-order valence-electron chi connectivity index (χ0n) is 19.4. The minimum absolute atomic E-state index is 0.0648. The zero-order valence-corrected chi connectivity index (χ0v) is 21.0. The first kappa shape index (κ1) is 25.4. The van der Waals surface area contributed by atoms with Gasteiger partial charge in [-0.3, -0.25) is 10.3 Å². The Morgan fingerprint density at radius 2 is 2.00 bits per heavy atom. The highest BCUT2D eigenvalue weighted by molar-refractivity contribution is 8.15. The van der Waals surface area contributed by atoms with Crippen molar-refractivity contribution in [3.63, 3.8) is 0 Å². The average Bonchev–Trinajstić information content (AvgIpc) is 3.49. The largest absolute Gasteiger partial charge is 0.395 e. The number of hydrogen-bond acceptors (Lipinski definition) is 9. The van der Waals surface area contributed by atoms with Crippen LogP contribution in [0, 0.1) is 11.6 Å². The van der Waals surface area contributed by atoms with Crippen LogP contribution >= 0.6 is 23.7 Å². The number of alkyl halides is 1. The topological polar surface area (TPSA) is 80.4 Å². The van der Waals surface area contributed by atoms with Crippen LogP contribution in [0.3, 0.4) is 0 Å². The Morgan fingerprint density at radius 1 is 1.19 bits per heavy atom. The molecule has 36 heavy (non-hydrogen) atoms. The number of hydrogen-bond donors (Lipinski definition) is 3. The maximum Gasteiger partial charge on any atom is 0.196 e. The van der Waals surface area contributed by atoms with E-state index in [0.717, 1.165) is 28.7 Å². The molecule has 0 fully saturated rings. The third-order valence-corrected chi connectivity index (χ3v) is 8.83. The molecule has 0 saturated carbocycles. The SMILES string of the molecule is NCCCC1(c2ccccc2)SC(c2cc(F)ccc2F)=NN1N1NC2=C(CCN(CCO)C2F)S1. The minimum Gasteiger partial charge on any atom is -0.395 e. The van der Waals surface area contributed by atoms with Crippen molar-refractivity contribution >= 4 is 28.8 Å². The summed E-state index contributed by atoms with van der Waals surface area (Å²) in [5.41, 5.74) is 10.4. The van der Waals surface area contributed by atoms with Gasteiger partial charge in [0.15, 0.2) is 11.2 Å². The number of halogens is 3. The van der Waals surface area contributed by atoms with Crippen molar-refractivity contribution in [3.05, 3.63) is 81.9 Å². The standard InChI is InChI=1S/C24H27F3N6OS2/c25-17-7-8-19(26)18(15-17)23-30-32(24(35-23,10-4-11-28)16-5-2-1-3-6-16)33-29-21-20(36-33)9-12-31(13-14-34)22(21)27/h1-3,5-8,15,22,29,34H,4,9-14,28H2. The van der Waals surface area contributed by atoms with Gasteiger partial charge < -0.3 is 10.8 Å². The Hall–Kier alpha value is -2.22. The molecule has 0 amide bonds. The van der Waals surface area contributed by atoms with Gasteiger partial charge in [-0.1, -0.05) is 46.6 Å². The molecule has 2 unspecified atom stereocenters. The van der Waals surface area contributed by atoms with E-state index in [-0.39, 0.29) is 18.7 Å². The number of nitrogens with two attached hydrogens (primary N) is 1. The van der Waals surface area contributed by atoms with Crippen LogP contribution in [0.2, 0.25) is 0 Å². The Labute approximate surface area is 216 Å². The van der Waals surface area contributed by atoms with Gasteiger partial charge in [-0.25, -0.2) is 13.2 Å². The summed E-state index contributed by atoms with van der Waals surface area (Å²) in [4.78, 5) is 1.58. The van der Waals surface area contributed by atoms with Crippen molar-refractivity contribution in [2.24, 2.45) is 10.8 Å². The molecule has 0 saturated heterocycles. The van der Waals surface area contributed by atoms with E-state index in [4.69, 9.17) is 10.8 Å². The lowest BCUT2D eigenvalue weighted by atomic mass is 10.0. The summed E-state index contributed by atoms with van der Waals surface area (Å²) >= 11 is 2.66. The molecule has 0 bridgehead atoms. The lowest BCUT2D eigenvalue weighted by molar-refractivity contribution is -0.0283. The number of benzene rings is 2. The van der Waals surface area contributed by atoms with E-state index < -0.39 is 22.8 Å². The van der Waals surface area contributed by atoms with E-state index in [0.29, 0.717) is 43.1 Å². The zero-order chi connectivity index (χ0) is 25.3. The number of rotatable bonds is 8. The van der Waals surface area contributed by atoms with Gasteiger partial charge in [-0.15, -0.1) is 0 Å². The second-order valence-electron chi connectivity index (χ2n) is 8.62. The van der Waals surface area contributed by atoms with E-state index >= 15 is 4.39 Å². The van der Waals surface area contributed by atoms with E-state index in [9.17, 15) is 13.9 Å². The van der Waals surface area contributed by atoms with Gasteiger partial charge in [0.25, 0.3) is 0 Å². The van der Waals surface area contributed by atoms with Gasteiger partial charge >= 0.3 is 0 Å². The van der Waals surface area contributed by atoms with E-state index in [2.05, 4.69) is 5.43 Å². The number of hydrazine groups is 2. The van der Waals surface area contributed by atoms with Crippen molar-refractivity contribution in [1.29, 1.82) is 0 Å². The molecule has 7 nitrogen and oxygen atoms in total. The van der Waals surface area contributed by atoms with Crippen LogP contribution in [0.5, 0.6) is 0 Å². The highest BCUT2D eigenvalue weighted by Crippen LogP contribution is 2.53. The predicted octanol–water partition coefficient (Wildman–Crippen LogP) is 3.86. The third kappa shape index (κ3) is 4.61. The van der Waals surface area contributed by atoms with Crippen LogP contribution in [-0.2, 0) is 4.87 Å². The minimum atomic E-state index is -1.40. The number of thioether (sulfide) groups is 1. The molecule has 2 atom stereocenters. The quantitative estimate of drug-likeness (QED) is 0.347.